The highest BCUT2D eigenvalue weighted by Crippen LogP contribution is 2.14. The maximum absolute atomic E-state index is 11.9. The highest BCUT2D eigenvalue weighted by atomic mass is 35.5. The largest absolute Gasteiger partial charge is 0.352 e. The normalized spacial score (nSPS) is 10.0. The highest BCUT2D eigenvalue weighted by Gasteiger charge is 2.08. The number of carbonyl (C=O) groups excluding carboxylic acids is 2. The minimum atomic E-state index is -0.218. The van der Waals surface area contributed by atoms with Crippen LogP contribution in [0, 0.1) is 0 Å². The van der Waals surface area contributed by atoms with E-state index in [1.165, 1.54) is 6.20 Å². The average Bonchev–Trinajstić information content (AvgIpc) is 2.55. The Morgan fingerprint density at radius 1 is 1.00 bits per heavy atom. The van der Waals surface area contributed by atoms with Gasteiger partial charge in [0.05, 0.1) is 16.1 Å². The molecule has 0 aliphatic carbocycles. The molecule has 2 N–H and O–H groups in total. The summed E-state index contributed by atoms with van der Waals surface area (Å²) in [6.07, 6.45) is 3.75. The maximum Gasteiger partial charge on any atom is 0.252 e. The predicted molar refractivity (Wildman–Crippen MR) is 85.0 cm³/mol. The molecule has 1 aromatic carbocycles. The van der Waals surface area contributed by atoms with Gasteiger partial charge in [0, 0.05) is 25.5 Å². The van der Waals surface area contributed by atoms with Crippen LogP contribution in [-0.4, -0.2) is 29.9 Å². The third kappa shape index (κ3) is 4.56. The van der Waals surface area contributed by atoms with Gasteiger partial charge in [0.25, 0.3) is 11.8 Å². The summed E-state index contributed by atoms with van der Waals surface area (Å²) in [7, 11) is 0. The molecule has 0 bridgehead atoms. The van der Waals surface area contributed by atoms with Crippen molar-refractivity contribution >= 4 is 23.4 Å². The van der Waals surface area contributed by atoms with E-state index in [1.54, 1.807) is 42.6 Å². The van der Waals surface area contributed by atoms with Crippen LogP contribution in [0.15, 0.2) is 48.8 Å². The average molecular weight is 318 g/mol. The first-order chi connectivity index (χ1) is 10.7. The van der Waals surface area contributed by atoms with Crippen molar-refractivity contribution < 1.29 is 9.59 Å². The molecule has 0 fully saturated rings. The second-order valence-electron chi connectivity index (χ2n) is 4.59. The van der Waals surface area contributed by atoms with Crippen LogP contribution in [0.2, 0.25) is 5.02 Å². The summed E-state index contributed by atoms with van der Waals surface area (Å²) >= 11 is 5.94. The summed E-state index contributed by atoms with van der Waals surface area (Å²) in [4.78, 5) is 27.5. The summed E-state index contributed by atoms with van der Waals surface area (Å²) < 4.78 is 0. The lowest BCUT2D eigenvalue weighted by molar-refractivity contribution is 0.0951. The first-order valence-corrected chi connectivity index (χ1v) is 7.27. The van der Waals surface area contributed by atoms with Gasteiger partial charge >= 0.3 is 0 Å². The Kier molecular flexibility index (Phi) is 5.91. The molecule has 2 rings (SSSR count). The van der Waals surface area contributed by atoms with Crippen molar-refractivity contribution in [3.8, 4) is 0 Å². The second-order valence-corrected chi connectivity index (χ2v) is 4.99. The van der Waals surface area contributed by atoms with E-state index in [0.29, 0.717) is 35.7 Å². The van der Waals surface area contributed by atoms with Crippen molar-refractivity contribution in [2.45, 2.75) is 6.42 Å². The number of carbonyl (C=O) groups is 2. The van der Waals surface area contributed by atoms with Crippen LogP contribution in [0.1, 0.15) is 27.1 Å². The molecular weight excluding hydrogens is 302 g/mol. The molecule has 0 radical (unpaired) electrons. The van der Waals surface area contributed by atoms with Crippen molar-refractivity contribution in [3.05, 3.63) is 64.9 Å². The third-order valence-corrected chi connectivity index (χ3v) is 3.30. The maximum atomic E-state index is 11.9. The van der Waals surface area contributed by atoms with E-state index in [4.69, 9.17) is 11.6 Å². The van der Waals surface area contributed by atoms with Gasteiger partial charge in [-0.3, -0.25) is 14.6 Å². The van der Waals surface area contributed by atoms with E-state index in [2.05, 4.69) is 15.6 Å². The molecule has 5 nitrogen and oxygen atoms in total. The molecule has 114 valence electrons. The van der Waals surface area contributed by atoms with Gasteiger partial charge in [-0.2, -0.15) is 0 Å². The zero-order valence-electron chi connectivity index (χ0n) is 11.9. The molecule has 0 aliphatic heterocycles. The van der Waals surface area contributed by atoms with Gasteiger partial charge in [-0.25, -0.2) is 0 Å². The third-order valence-electron chi connectivity index (χ3n) is 2.97. The molecule has 6 heteroatoms. The molecule has 22 heavy (non-hydrogen) atoms. The first kappa shape index (κ1) is 16.0. The predicted octanol–water partition coefficient (Wildman–Crippen LogP) is 2.28. The van der Waals surface area contributed by atoms with Crippen molar-refractivity contribution in [2.75, 3.05) is 13.1 Å². The molecule has 1 heterocycles. The monoisotopic (exact) mass is 317 g/mol. The van der Waals surface area contributed by atoms with E-state index in [0.717, 1.165) is 0 Å². The van der Waals surface area contributed by atoms with Crippen molar-refractivity contribution in [2.24, 2.45) is 0 Å². The number of aromatic nitrogens is 1. The number of nitrogens with one attached hydrogen (secondary N) is 2. The SMILES string of the molecule is O=C(NCCCNC(=O)c1ccccc1Cl)c1cccnc1. The number of amides is 2. The van der Waals surface area contributed by atoms with Crippen molar-refractivity contribution in [1.82, 2.24) is 15.6 Å². The lowest BCUT2D eigenvalue weighted by atomic mass is 10.2. The fourth-order valence-corrected chi connectivity index (χ4v) is 2.05. The molecule has 0 saturated heterocycles. The summed E-state index contributed by atoms with van der Waals surface area (Å²) in [6, 6.07) is 10.3. The van der Waals surface area contributed by atoms with Gasteiger partial charge in [0.15, 0.2) is 0 Å². The quantitative estimate of drug-likeness (QED) is 0.803. The van der Waals surface area contributed by atoms with Crippen molar-refractivity contribution in [1.29, 1.82) is 0 Å². The molecule has 0 unspecified atom stereocenters. The Labute approximate surface area is 133 Å². The van der Waals surface area contributed by atoms with Crippen LogP contribution in [0.3, 0.4) is 0 Å². The Hall–Kier alpha value is -2.40. The lowest BCUT2D eigenvalue weighted by Crippen LogP contribution is -2.30. The smallest absolute Gasteiger partial charge is 0.252 e. The van der Waals surface area contributed by atoms with Gasteiger partial charge in [0.2, 0.25) is 0 Å². The topological polar surface area (TPSA) is 71.1 Å². The number of rotatable bonds is 6. The Bertz CT molecular complexity index is 647. The molecule has 0 atom stereocenters. The zero-order chi connectivity index (χ0) is 15.8. The molecule has 0 spiro atoms. The van der Waals surface area contributed by atoms with Crippen LogP contribution < -0.4 is 10.6 Å². The fraction of sp³-hybridized carbons (Fsp3) is 0.188. The van der Waals surface area contributed by atoms with Gasteiger partial charge in [-0.05, 0) is 30.7 Å². The molecule has 2 amide bonds. The minimum Gasteiger partial charge on any atom is -0.352 e. The van der Waals surface area contributed by atoms with Gasteiger partial charge in [-0.1, -0.05) is 23.7 Å². The van der Waals surface area contributed by atoms with Gasteiger partial charge in [-0.15, -0.1) is 0 Å². The molecule has 0 saturated carbocycles. The fourth-order valence-electron chi connectivity index (χ4n) is 1.83. The Morgan fingerprint density at radius 2 is 1.73 bits per heavy atom. The van der Waals surface area contributed by atoms with E-state index in [1.807, 2.05) is 0 Å². The van der Waals surface area contributed by atoms with Crippen molar-refractivity contribution in [3.63, 3.8) is 0 Å². The molecule has 1 aromatic heterocycles. The number of benzene rings is 1. The Morgan fingerprint density at radius 3 is 2.41 bits per heavy atom. The Balaban J connectivity index is 1.69. The zero-order valence-corrected chi connectivity index (χ0v) is 12.6. The standard InChI is InChI=1S/C16H16ClN3O2/c17-14-7-2-1-6-13(14)16(22)20-10-4-9-19-15(21)12-5-3-8-18-11-12/h1-3,5-8,11H,4,9-10H2,(H,19,21)(H,20,22). The number of halogens is 1. The van der Waals surface area contributed by atoms with Crippen LogP contribution >= 0.6 is 11.6 Å². The van der Waals surface area contributed by atoms with Crippen LogP contribution in [0.4, 0.5) is 0 Å². The van der Waals surface area contributed by atoms with Crippen LogP contribution in [-0.2, 0) is 0 Å². The van der Waals surface area contributed by atoms with E-state index in [9.17, 15) is 9.59 Å². The summed E-state index contributed by atoms with van der Waals surface area (Å²) in [5, 5.41) is 5.95. The van der Waals surface area contributed by atoms with E-state index in [-0.39, 0.29) is 11.8 Å². The van der Waals surface area contributed by atoms with Gasteiger partial charge in [0.1, 0.15) is 0 Å². The van der Waals surface area contributed by atoms with E-state index < -0.39 is 0 Å². The first-order valence-electron chi connectivity index (χ1n) is 6.89. The number of nitrogens with zero attached hydrogens (tertiary/aromatic N) is 1. The molecule has 0 aliphatic rings. The minimum absolute atomic E-state index is 0.175. The summed E-state index contributed by atoms with van der Waals surface area (Å²) in [5.41, 5.74) is 0.964. The summed E-state index contributed by atoms with van der Waals surface area (Å²) in [6.45, 7) is 0.925. The van der Waals surface area contributed by atoms with E-state index >= 15 is 0 Å². The highest BCUT2D eigenvalue weighted by molar-refractivity contribution is 6.33. The van der Waals surface area contributed by atoms with Gasteiger partial charge < -0.3 is 10.6 Å². The number of hydrogen-bond donors (Lipinski definition) is 2. The summed E-state index contributed by atoms with van der Waals surface area (Å²) in [5.74, 6) is -0.394. The van der Waals surface area contributed by atoms with Crippen LogP contribution in [0.5, 0.6) is 0 Å². The lowest BCUT2D eigenvalue weighted by Gasteiger charge is -2.07. The molecule has 2 aromatic rings. The van der Waals surface area contributed by atoms with Crippen LogP contribution in [0.25, 0.3) is 0 Å². The molecular formula is C16H16ClN3O2. The second kappa shape index (κ2) is 8.14. The number of pyridine rings is 1. The number of hydrogen-bond acceptors (Lipinski definition) is 3.